The second-order valence-corrected chi connectivity index (χ2v) is 17.8. The van der Waals surface area contributed by atoms with Crippen molar-refractivity contribution in [1.82, 2.24) is 20.6 Å². The van der Waals surface area contributed by atoms with Crippen LogP contribution in [0.3, 0.4) is 0 Å². The Hall–Kier alpha value is -8.87. The third kappa shape index (κ3) is 7.38. The van der Waals surface area contributed by atoms with Gasteiger partial charge >= 0.3 is 0 Å². The molecule has 0 spiro atoms. The molecule has 0 bridgehead atoms. The molecule has 0 saturated carbocycles. The lowest BCUT2D eigenvalue weighted by atomic mass is 9.89. The number of anilines is 1. The van der Waals surface area contributed by atoms with Crippen LogP contribution < -0.4 is 16.0 Å². The summed E-state index contributed by atoms with van der Waals surface area (Å²) in [5.41, 5.74) is 17.1. The molecule has 68 heavy (non-hydrogen) atoms. The Morgan fingerprint density at radius 1 is 0.412 bits per heavy atom. The van der Waals surface area contributed by atoms with E-state index in [1.807, 2.05) is 18.2 Å². The molecule has 0 fully saturated rings. The normalized spacial score (nSPS) is 18.2. The number of hydrogen-bond donors (Lipinski definition) is 3. The molecule has 5 heterocycles. The number of benzene rings is 7. The first-order valence-corrected chi connectivity index (χ1v) is 23.3. The smallest absolute Gasteiger partial charge is 0.134 e. The number of pyridine rings is 2. The molecular formula is C62H44N6. The Bertz CT molecular complexity index is 3710. The summed E-state index contributed by atoms with van der Waals surface area (Å²) in [6, 6.07) is 64.1. The van der Waals surface area contributed by atoms with Gasteiger partial charge in [0.25, 0.3) is 0 Å². The van der Waals surface area contributed by atoms with E-state index in [4.69, 9.17) is 15.0 Å². The fourth-order valence-corrected chi connectivity index (χ4v) is 9.86. The van der Waals surface area contributed by atoms with Crippen molar-refractivity contribution in [3.63, 3.8) is 0 Å². The Balaban J connectivity index is 0.735. The highest BCUT2D eigenvalue weighted by Gasteiger charge is 2.27. The van der Waals surface area contributed by atoms with Crippen LogP contribution in [0.15, 0.2) is 235 Å². The summed E-state index contributed by atoms with van der Waals surface area (Å²) < 4.78 is 0. The van der Waals surface area contributed by atoms with Crippen LogP contribution in [0.2, 0.25) is 0 Å². The molecule has 2 aromatic heterocycles. The molecule has 0 amide bonds. The molecule has 9 aromatic rings. The summed E-state index contributed by atoms with van der Waals surface area (Å²) in [4.78, 5) is 15.4. The number of dihydropyridines is 1. The highest BCUT2D eigenvalue weighted by Crippen LogP contribution is 2.35. The third-order valence-electron chi connectivity index (χ3n) is 13.5. The second-order valence-electron chi connectivity index (χ2n) is 17.8. The zero-order valence-electron chi connectivity index (χ0n) is 37.0. The van der Waals surface area contributed by atoms with Crippen LogP contribution in [0.25, 0.3) is 78.1 Å². The van der Waals surface area contributed by atoms with Gasteiger partial charge in [0.05, 0.1) is 46.2 Å². The number of hydrogen-bond acceptors (Lipinski definition) is 6. The minimum absolute atomic E-state index is 0.0100. The fourth-order valence-electron chi connectivity index (χ4n) is 9.86. The van der Waals surface area contributed by atoms with Gasteiger partial charge in [-0.25, -0.2) is 15.0 Å². The van der Waals surface area contributed by atoms with Crippen LogP contribution in [-0.4, -0.2) is 33.9 Å². The van der Waals surface area contributed by atoms with Crippen molar-refractivity contribution in [2.75, 3.05) is 5.32 Å². The maximum absolute atomic E-state index is 5.23. The largest absolute Gasteiger partial charge is 0.376 e. The van der Waals surface area contributed by atoms with Gasteiger partial charge in [0.1, 0.15) is 5.84 Å². The molecular weight excluding hydrogens is 829 g/mol. The fraction of sp³-hybridized carbons (Fsp3) is 0.0484. The molecule has 4 aliphatic rings. The van der Waals surface area contributed by atoms with Crippen molar-refractivity contribution in [3.8, 4) is 22.5 Å². The predicted molar refractivity (Wildman–Crippen MR) is 283 cm³/mol. The first-order chi connectivity index (χ1) is 33.6. The Morgan fingerprint density at radius 2 is 1.03 bits per heavy atom. The number of amidine groups is 1. The highest BCUT2D eigenvalue weighted by molar-refractivity contribution is 6.05. The molecule has 7 aromatic carbocycles. The summed E-state index contributed by atoms with van der Waals surface area (Å²) >= 11 is 0. The van der Waals surface area contributed by atoms with Gasteiger partial charge in [-0.1, -0.05) is 188 Å². The zero-order chi connectivity index (χ0) is 45.0. The van der Waals surface area contributed by atoms with Crippen LogP contribution in [0.4, 0.5) is 5.69 Å². The molecule has 3 unspecified atom stereocenters. The maximum atomic E-state index is 5.23. The number of fused-ring (bicyclic) bond motifs is 6. The van der Waals surface area contributed by atoms with Gasteiger partial charge in [-0.15, -0.1) is 0 Å². The summed E-state index contributed by atoms with van der Waals surface area (Å²) in [7, 11) is 0. The Labute approximate surface area is 394 Å². The minimum Gasteiger partial charge on any atom is -0.376 e. The molecule has 3 aliphatic heterocycles. The van der Waals surface area contributed by atoms with Crippen LogP contribution in [0.5, 0.6) is 0 Å². The van der Waals surface area contributed by atoms with Crippen molar-refractivity contribution in [1.29, 1.82) is 0 Å². The Morgan fingerprint density at radius 3 is 1.76 bits per heavy atom. The quantitative estimate of drug-likeness (QED) is 0.139. The number of nitrogens with zero attached hydrogens (tertiary/aromatic N) is 3. The molecule has 6 nitrogen and oxygen atoms in total. The molecule has 3 N–H and O–H groups in total. The summed E-state index contributed by atoms with van der Waals surface area (Å²) in [6.07, 6.45) is 18.0. The maximum Gasteiger partial charge on any atom is 0.134 e. The number of rotatable bonds is 7. The summed E-state index contributed by atoms with van der Waals surface area (Å²) in [5, 5.41) is 16.0. The highest BCUT2D eigenvalue weighted by atomic mass is 15.1. The monoisotopic (exact) mass is 872 g/mol. The lowest BCUT2D eigenvalue weighted by Crippen LogP contribution is -2.47. The van der Waals surface area contributed by atoms with Gasteiger partial charge in [0.15, 0.2) is 0 Å². The Kier molecular flexibility index (Phi) is 9.60. The lowest BCUT2D eigenvalue weighted by molar-refractivity contribution is 0.669. The second kappa shape index (κ2) is 16.5. The topological polar surface area (TPSA) is 74.2 Å². The first-order valence-electron chi connectivity index (χ1n) is 23.3. The number of nitrogens with one attached hydrogen (secondary N) is 3. The van der Waals surface area contributed by atoms with Gasteiger partial charge in [-0.3, -0.25) is 0 Å². The van der Waals surface area contributed by atoms with Crippen LogP contribution in [0, 0.1) is 0 Å². The van der Waals surface area contributed by atoms with Gasteiger partial charge in [-0.05, 0) is 86.7 Å². The van der Waals surface area contributed by atoms with E-state index in [2.05, 4.69) is 228 Å². The van der Waals surface area contributed by atoms with Gasteiger partial charge < -0.3 is 16.0 Å². The van der Waals surface area contributed by atoms with E-state index in [0.717, 1.165) is 83.9 Å². The molecule has 0 radical (unpaired) electrons. The molecule has 0 saturated heterocycles. The number of aliphatic imine (C=N–C) groups is 1. The standard InChI is InChI=1S/C62H44N6/c1-4-10-39(11-5-1)52-31-28-43-18-19-44-29-32-54(66-61(44)60(43)65-52)50-25-23-46-34-47(21-22-48(46)35-50)49-20-16-41-26-30-53(63-56(41)36-49)51-24-17-42-27-33-55(64-57(42)37-51)59-38-58(40-12-6-2-7-13-40)67-62(68-59)45-14-8-3-9-15-45/h1-38,55-56,59,63-64H,(H,67,68). The molecule has 13 rings (SSSR count). The predicted octanol–water partition coefficient (Wildman–Crippen LogP) is 13.4. The van der Waals surface area contributed by atoms with Gasteiger partial charge in [0.2, 0.25) is 0 Å². The summed E-state index contributed by atoms with van der Waals surface area (Å²) in [5.74, 6) is 0.873. The van der Waals surface area contributed by atoms with E-state index in [1.54, 1.807) is 0 Å². The van der Waals surface area contributed by atoms with Crippen LogP contribution in [0.1, 0.15) is 27.8 Å². The van der Waals surface area contributed by atoms with Crippen LogP contribution >= 0.6 is 0 Å². The molecule has 6 heteroatoms. The number of aromatic nitrogens is 2. The van der Waals surface area contributed by atoms with Crippen molar-refractivity contribution in [3.05, 3.63) is 258 Å². The molecule has 3 atom stereocenters. The third-order valence-corrected chi connectivity index (χ3v) is 13.5. The van der Waals surface area contributed by atoms with Gasteiger partial charge in [-0.2, -0.15) is 0 Å². The van der Waals surface area contributed by atoms with E-state index in [-0.39, 0.29) is 18.1 Å². The van der Waals surface area contributed by atoms with Crippen molar-refractivity contribution in [2.24, 2.45) is 4.99 Å². The van der Waals surface area contributed by atoms with E-state index in [0.29, 0.717) is 0 Å². The SMILES string of the molecule is C1=CC2=CC=C(c3ccc4c(c3)NC(C3C=C(c5ccccc5)N=C(c5ccccc5)N3)C=C4)NC2C=C1c1ccc2cc(-c3ccc4ccc5ccc(-c6ccccc6)nc5c4n3)ccc2c1. The van der Waals surface area contributed by atoms with Crippen molar-refractivity contribution < 1.29 is 0 Å². The van der Waals surface area contributed by atoms with E-state index in [1.165, 1.54) is 33.0 Å². The van der Waals surface area contributed by atoms with Gasteiger partial charge in [0, 0.05) is 38.8 Å². The van der Waals surface area contributed by atoms with E-state index < -0.39 is 0 Å². The molecule has 322 valence electrons. The first kappa shape index (κ1) is 39.5. The minimum atomic E-state index is -0.0201. The average molecular weight is 873 g/mol. The van der Waals surface area contributed by atoms with E-state index >= 15 is 0 Å². The summed E-state index contributed by atoms with van der Waals surface area (Å²) in [6.45, 7) is 0. The van der Waals surface area contributed by atoms with Crippen LogP contribution in [-0.2, 0) is 0 Å². The molecule has 1 aliphatic carbocycles. The average Bonchev–Trinajstić information content (AvgIpc) is 3.42. The zero-order valence-corrected chi connectivity index (χ0v) is 37.0. The number of allylic oxidation sites excluding steroid dienone is 4. The van der Waals surface area contributed by atoms with Crippen molar-refractivity contribution in [2.45, 2.75) is 18.1 Å². The lowest BCUT2D eigenvalue weighted by Gasteiger charge is -2.33. The van der Waals surface area contributed by atoms with E-state index in [9.17, 15) is 0 Å². The van der Waals surface area contributed by atoms with Crippen molar-refractivity contribution >= 4 is 67.1 Å².